The maximum atomic E-state index is 6.11. The molecule has 0 aliphatic rings. The summed E-state index contributed by atoms with van der Waals surface area (Å²) in [6, 6.07) is 5.24. The third kappa shape index (κ3) is 4.63. The van der Waals surface area contributed by atoms with E-state index in [4.69, 9.17) is 21.1 Å². The van der Waals surface area contributed by atoms with Crippen molar-refractivity contribution in [2.24, 2.45) is 5.92 Å². The Bertz CT molecular complexity index is 665. The molecule has 1 aromatic carbocycles. The zero-order chi connectivity index (χ0) is 16.8. The van der Waals surface area contributed by atoms with Gasteiger partial charge in [0, 0.05) is 24.9 Å². The highest BCUT2D eigenvalue weighted by Crippen LogP contribution is 2.37. The van der Waals surface area contributed by atoms with Crippen molar-refractivity contribution in [3.8, 4) is 11.5 Å². The molecule has 1 aromatic heterocycles. The fraction of sp³-hybridized carbons (Fsp3) is 0.375. The van der Waals surface area contributed by atoms with Crippen molar-refractivity contribution in [1.82, 2.24) is 9.97 Å². The van der Waals surface area contributed by atoms with Crippen molar-refractivity contribution < 1.29 is 9.47 Å². The number of hydrogen-bond donors (Lipinski definition) is 2. The normalized spacial score (nSPS) is 10.5. The van der Waals surface area contributed by atoms with Crippen LogP contribution in [0.3, 0.4) is 0 Å². The first-order valence-corrected chi connectivity index (χ1v) is 7.66. The zero-order valence-electron chi connectivity index (χ0n) is 13.7. The Labute approximate surface area is 141 Å². The highest BCUT2D eigenvalue weighted by molar-refractivity contribution is 6.32. The van der Waals surface area contributed by atoms with Crippen molar-refractivity contribution in [3.63, 3.8) is 0 Å². The monoisotopic (exact) mass is 336 g/mol. The topological polar surface area (TPSA) is 68.3 Å². The van der Waals surface area contributed by atoms with Crippen LogP contribution in [0.25, 0.3) is 0 Å². The van der Waals surface area contributed by atoms with Gasteiger partial charge in [-0.2, -0.15) is 4.98 Å². The van der Waals surface area contributed by atoms with Crippen molar-refractivity contribution in [3.05, 3.63) is 29.4 Å². The molecule has 2 rings (SSSR count). The van der Waals surface area contributed by atoms with Gasteiger partial charge in [-0.15, -0.1) is 0 Å². The molecule has 0 radical (unpaired) electrons. The van der Waals surface area contributed by atoms with E-state index in [0.717, 1.165) is 6.54 Å². The summed E-state index contributed by atoms with van der Waals surface area (Å²) in [6.07, 6.45) is 1.69. The lowest BCUT2D eigenvalue weighted by molar-refractivity contribution is 0.405. The fourth-order valence-electron chi connectivity index (χ4n) is 1.91. The second kappa shape index (κ2) is 7.87. The van der Waals surface area contributed by atoms with Gasteiger partial charge in [-0.05, 0) is 12.0 Å². The van der Waals surface area contributed by atoms with E-state index in [1.165, 1.54) is 0 Å². The fourth-order valence-corrected chi connectivity index (χ4v) is 2.14. The Morgan fingerprint density at radius 2 is 1.91 bits per heavy atom. The number of aromatic nitrogens is 2. The maximum Gasteiger partial charge on any atom is 0.224 e. The van der Waals surface area contributed by atoms with Gasteiger partial charge in [-0.25, -0.2) is 4.98 Å². The summed E-state index contributed by atoms with van der Waals surface area (Å²) in [5.74, 6) is 2.89. The van der Waals surface area contributed by atoms with Crippen LogP contribution in [0.1, 0.15) is 13.8 Å². The SMILES string of the molecule is COc1cc(Nc2ccnc(NCC(C)C)n2)c(OC)cc1Cl. The molecule has 0 saturated carbocycles. The molecule has 0 fully saturated rings. The van der Waals surface area contributed by atoms with Crippen LogP contribution in [0.2, 0.25) is 5.02 Å². The van der Waals surface area contributed by atoms with Gasteiger partial charge < -0.3 is 20.1 Å². The molecule has 0 amide bonds. The van der Waals surface area contributed by atoms with Crippen LogP contribution in [0, 0.1) is 5.92 Å². The van der Waals surface area contributed by atoms with Gasteiger partial charge in [0.1, 0.15) is 17.3 Å². The van der Waals surface area contributed by atoms with Gasteiger partial charge in [0.2, 0.25) is 5.95 Å². The van der Waals surface area contributed by atoms with Crippen LogP contribution in [-0.2, 0) is 0 Å². The second-order valence-corrected chi connectivity index (χ2v) is 5.76. The lowest BCUT2D eigenvalue weighted by Gasteiger charge is -2.14. The number of halogens is 1. The van der Waals surface area contributed by atoms with Gasteiger partial charge in [-0.1, -0.05) is 25.4 Å². The number of anilines is 3. The van der Waals surface area contributed by atoms with Crippen LogP contribution in [-0.4, -0.2) is 30.7 Å². The first-order chi connectivity index (χ1) is 11.0. The van der Waals surface area contributed by atoms with E-state index in [1.54, 1.807) is 38.6 Å². The lowest BCUT2D eigenvalue weighted by Crippen LogP contribution is -2.11. The molecule has 0 aliphatic heterocycles. The molecule has 0 saturated heterocycles. The van der Waals surface area contributed by atoms with E-state index < -0.39 is 0 Å². The molecule has 0 bridgehead atoms. The minimum atomic E-state index is 0.483. The van der Waals surface area contributed by atoms with Crippen molar-refractivity contribution in [1.29, 1.82) is 0 Å². The lowest BCUT2D eigenvalue weighted by atomic mass is 10.2. The number of benzene rings is 1. The molecular weight excluding hydrogens is 316 g/mol. The van der Waals surface area contributed by atoms with Crippen LogP contribution >= 0.6 is 11.6 Å². The summed E-state index contributed by atoms with van der Waals surface area (Å²) >= 11 is 6.11. The molecule has 0 spiro atoms. The molecule has 2 N–H and O–H groups in total. The van der Waals surface area contributed by atoms with Gasteiger partial charge in [0.25, 0.3) is 0 Å². The van der Waals surface area contributed by atoms with Crippen LogP contribution < -0.4 is 20.1 Å². The molecule has 6 nitrogen and oxygen atoms in total. The third-order valence-corrected chi connectivity index (χ3v) is 3.36. The number of rotatable bonds is 7. The average Bonchev–Trinajstić information content (AvgIpc) is 2.54. The average molecular weight is 337 g/mol. The predicted molar refractivity (Wildman–Crippen MR) is 93.2 cm³/mol. The standard InChI is InChI=1S/C16H21ClN4O2/c1-10(2)9-19-16-18-6-5-15(21-16)20-12-8-13(22-3)11(17)7-14(12)23-4/h5-8,10H,9H2,1-4H3,(H2,18,19,20,21). The molecular formula is C16H21ClN4O2. The highest BCUT2D eigenvalue weighted by Gasteiger charge is 2.11. The summed E-state index contributed by atoms with van der Waals surface area (Å²) in [5.41, 5.74) is 0.710. The molecule has 23 heavy (non-hydrogen) atoms. The van der Waals surface area contributed by atoms with Gasteiger partial charge in [-0.3, -0.25) is 0 Å². The minimum Gasteiger partial charge on any atom is -0.495 e. The van der Waals surface area contributed by atoms with Crippen molar-refractivity contribution in [2.45, 2.75) is 13.8 Å². The third-order valence-electron chi connectivity index (χ3n) is 3.06. The predicted octanol–water partition coefficient (Wildman–Crippen LogP) is 3.96. The molecule has 1 heterocycles. The molecule has 7 heteroatoms. The largest absolute Gasteiger partial charge is 0.495 e. The van der Waals surface area contributed by atoms with Crippen LogP contribution in [0.15, 0.2) is 24.4 Å². The van der Waals surface area contributed by atoms with E-state index in [-0.39, 0.29) is 0 Å². The van der Waals surface area contributed by atoms with Crippen molar-refractivity contribution >= 4 is 29.1 Å². The van der Waals surface area contributed by atoms with E-state index >= 15 is 0 Å². The molecule has 124 valence electrons. The molecule has 2 aromatic rings. The number of hydrogen-bond acceptors (Lipinski definition) is 6. The summed E-state index contributed by atoms with van der Waals surface area (Å²) in [4.78, 5) is 8.63. The Morgan fingerprint density at radius 3 is 2.57 bits per heavy atom. The summed E-state index contributed by atoms with van der Waals surface area (Å²) in [5, 5.41) is 6.87. The quantitative estimate of drug-likeness (QED) is 0.797. The van der Waals surface area contributed by atoms with Crippen molar-refractivity contribution in [2.75, 3.05) is 31.4 Å². The van der Waals surface area contributed by atoms with Crippen LogP contribution in [0.4, 0.5) is 17.5 Å². The minimum absolute atomic E-state index is 0.483. The number of nitrogens with one attached hydrogen (secondary N) is 2. The summed E-state index contributed by atoms with van der Waals surface area (Å²) in [6.45, 7) is 5.06. The van der Waals surface area contributed by atoms with E-state index in [9.17, 15) is 0 Å². The molecule has 0 aliphatic carbocycles. The summed E-state index contributed by atoms with van der Waals surface area (Å²) in [7, 11) is 3.15. The highest BCUT2D eigenvalue weighted by atomic mass is 35.5. The molecule has 0 atom stereocenters. The first kappa shape index (κ1) is 17.1. The Balaban J connectivity index is 2.23. The number of nitrogens with zero attached hydrogens (tertiary/aromatic N) is 2. The Hall–Kier alpha value is -2.21. The summed E-state index contributed by atoms with van der Waals surface area (Å²) < 4.78 is 10.6. The van der Waals surface area contributed by atoms with Gasteiger partial charge in [0.15, 0.2) is 0 Å². The number of ether oxygens (including phenoxy) is 2. The maximum absolute atomic E-state index is 6.11. The van der Waals surface area contributed by atoms with Gasteiger partial charge >= 0.3 is 0 Å². The number of methoxy groups -OCH3 is 2. The first-order valence-electron chi connectivity index (χ1n) is 7.29. The smallest absolute Gasteiger partial charge is 0.224 e. The van der Waals surface area contributed by atoms with E-state index in [1.807, 2.05) is 0 Å². The van der Waals surface area contributed by atoms with E-state index in [2.05, 4.69) is 34.4 Å². The molecule has 0 unspecified atom stereocenters. The van der Waals surface area contributed by atoms with Crippen LogP contribution in [0.5, 0.6) is 11.5 Å². The Kier molecular flexibility index (Phi) is 5.87. The second-order valence-electron chi connectivity index (χ2n) is 5.35. The van der Waals surface area contributed by atoms with Gasteiger partial charge in [0.05, 0.1) is 24.9 Å². The Morgan fingerprint density at radius 1 is 1.17 bits per heavy atom. The zero-order valence-corrected chi connectivity index (χ0v) is 14.4. The van der Waals surface area contributed by atoms with E-state index in [0.29, 0.717) is 39.9 Å².